The van der Waals surface area contributed by atoms with E-state index < -0.39 is 18.0 Å². The summed E-state index contributed by atoms with van der Waals surface area (Å²) in [7, 11) is 0. The fourth-order valence-corrected chi connectivity index (χ4v) is 6.28. The third-order valence-electron chi connectivity index (χ3n) is 8.53. The Bertz CT molecular complexity index is 1860. The van der Waals surface area contributed by atoms with Crippen LogP contribution >= 0.6 is 11.6 Å². The van der Waals surface area contributed by atoms with E-state index in [1.807, 2.05) is 38.1 Å². The molecule has 0 unspecified atom stereocenters. The SMILES string of the molecule is CC(C)NC(=O)c1ccc(-c2ccc(C[C@H](NC(=O)[C@H]3CC[C@H](CNC(=O)O)CC3)C(=O)Nc3ccc4[nH]c(=O)[nH]c4c3)cc2)c(Cl)c1. The predicted octanol–water partition coefficient (Wildman–Crippen LogP) is 5.05. The number of halogens is 1. The van der Waals surface area contributed by atoms with Gasteiger partial charge in [-0.25, -0.2) is 9.59 Å². The lowest BCUT2D eigenvalue weighted by Crippen LogP contribution is -2.48. The van der Waals surface area contributed by atoms with Gasteiger partial charge in [0.05, 0.1) is 11.0 Å². The predicted molar refractivity (Wildman–Crippen MR) is 184 cm³/mol. The van der Waals surface area contributed by atoms with Crippen molar-refractivity contribution in [3.63, 3.8) is 0 Å². The molecule has 13 heteroatoms. The molecule has 1 aliphatic carbocycles. The first-order chi connectivity index (χ1) is 22.9. The fraction of sp³-hybridized carbons (Fsp3) is 0.343. The third-order valence-corrected chi connectivity index (χ3v) is 8.84. The molecule has 48 heavy (non-hydrogen) atoms. The van der Waals surface area contributed by atoms with Crippen molar-refractivity contribution in [1.82, 2.24) is 25.9 Å². The summed E-state index contributed by atoms with van der Waals surface area (Å²) >= 11 is 6.56. The largest absolute Gasteiger partial charge is 0.465 e. The van der Waals surface area contributed by atoms with Crippen LogP contribution in [0.1, 0.15) is 55.5 Å². The number of amides is 4. The van der Waals surface area contributed by atoms with E-state index in [1.54, 1.807) is 36.4 Å². The van der Waals surface area contributed by atoms with Gasteiger partial charge in [-0.05, 0) is 86.9 Å². The van der Waals surface area contributed by atoms with Crippen molar-refractivity contribution in [1.29, 1.82) is 0 Å². The van der Waals surface area contributed by atoms with E-state index in [4.69, 9.17) is 16.7 Å². The average molecular weight is 675 g/mol. The van der Waals surface area contributed by atoms with Crippen LogP contribution in [0.5, 0.6) is 0 Å². The molecule has 1 fully saturated rings. The molecule has 1 saturated carbocycles. The van der Waals surface area contributed by atoms with Gasteiger partial charge in [0.2, 0.25) is 11.8 Å². The van der Waals surface area contributed by atoms with Crippen molar-refractivity contribution in [3.05, 3.63) is 87.3 Å². The molecule has 0 saturated heterocycles. The number of aromatic nitrogens is 2. The van der Waals surface area contributed by atoms with Gasteiger partial charge in [0.25, 0.3) is 5.91 Å². The molecule has 0 aliphatic heterocycles. The Hall–Kier alpha value is -5.10. The Balaban J connectivity index is 1.30. The number of hydrogen-bond acceptors (Lipinski definition) is 5. The van der Waals surface area contributed by atoms with E-state index in [1.165, 1.54) is 0 Å². The number of imidazole rings is 1. The van der Waals surface area contributed by atoms with Crippen molar-refractivity contribution in [2.75, 3.05) is 11.9 Å². The van der Waals surface area contributed by atoms with Crippen LogP contribution in [0.2, 0.25) is 5.02 Å². The van der Waals surface area contributed by atoms with Gasteiger partial charge in [0, 0.05) is 46.8 Å². The van der Waals surface area contributed by atoms with E-state index in [0.717, 1.165) is 16.7 Å². The average Bonchev–Trinajstić information content (AvgIpc) is 3.43. The smallest absolute Gasteiger partial charge is 0.404 e. The van der Waals surface area contributed by atoms with Crippen molar-refractivity contribution in [3.8, 4) is 11.1 Å². The number of carboxylic acid groups (broad SMARTS) is 1. The molecular formula is C35H39ClN6O6. The molecular weight excluding hydrogens is 636 g/mol. The number of nitrogens with one attached hydrogen (secondary N) is 6. The first-order valence-electron chi connectivity index (χ1n) is 15.9. The maximum Gasteiger partial charge on any atom is 0.404 e. The van der Waals surface area contributed by atoms with Gasteiger partial charge >= 0.3 is 11.8 Å². The van der Waals surface area contributed by atoms with Gasteiger partial charge in [-0.3, -0.25) is 14.4 Å². The van der Waals surface area contributed by atoms with Crippen molar-refractivity contribution in [2.24, 2.45) is 11.8 Å². The molecule has 1 heterocycles. The van der Waals surface area contributed by atoms with Gasteiger partial charge in [0.15, 0.2) is 0 Å². The van der Waals surface area contributed by atoms with Crippen LogP contribution in [0, 0.1) is 11.8 Å². The molecule has 3 aromatic carbocycles. The number of aromatic amines is 2. The number of fused-ring (bicyclic) bond motifs is 1. The van der Waals surface area contributed by atoms with Crippen LogP contribution in [0.15, 0.2) is 65.5 Å². The van der Waals surface area contributed by atoms with Crippen LogP contribution in [0.3, 0.4) is 0 Å². The first kappa shape index (κ1) is 34.2. The zero-order chi connectivity index (χ0) is 34.4. The molecule has 4 aromatic rings. The molecule has 0 radical (unpaired) electrons. The Labute approximate surface area is 282 Å². The highest BCUT2D eigenvalue weighted by molar-refractivity contribution is 6.33. The number of rotatable bonds is 11. The zero-order valence-corrected chi connectivity index (χ0v) is 27.4. The van der Waals surface area contributed by atoms with Crippen LogP contribution in [0.25, 0.3) is 22.2 Å². The van der Waals surface area contributed by atoms with Crippen molar-refractivity contribution >= 4 is 52.1 Å². The minimum Gasteiger partial charge on any atom is -0.465 e. The first-order valence-corrected chi connectivity index (χ1v) is 16.3. The third kappa shape index (κ3) is 8.82. The molecule has 0 spiro atoms. The van der Waals surface area contributed by atoms with Crippen molar-refractivity contribution in [2.45, 2.75) is 58.0 Å². The Kier molecular flexibility index (Phi) is 10.8. The molecule has 4 amide bonds. The maximum absolute atomic E-state index is 13.6. The number of benzene rings is 3. The maximum atomic E-state index is 13.6. The molecule has 12 nitrogen and oxygen atoms in total. The van der Waals surface area contributed by atoms with E-state index in [2.05, 4.69) is 31.2 Å². The monoisotopic (exact) mass is 674 g/mol. The summed E-state index contributed by atoms with van der Waals surface area (Å²) in [5, 5.41) is 20.4. The number of carbonyl (C=O) groups is 4. The van der Waals surface area contributed by atoms with Crippen LogP contribution < -0.4 is 27.0 Å². The molecule has 1 atom stereocenters. The van der Waals surface area contributed by atoms with Gasteiger partial charge in [0.1, 0.15) is 6.04 Å². The second-order valence-electron chi connectivity index (χ2n) is 12.5. The Morgan fingerprint density at radius 3 is 2.27 bits per heavy atom. The lowest BCUT2D eigenvalue weighted by molar-refractivity contribution is -0.130. The van der Waals surface area contributed by atoms with Crippen molar-refractivity contribution < 1.29 is 24.3 Å². The second-order valence-corrected chi connectivity index (χ2v) is 12.9. The van der Waals surface area contributed by atoms with E-state index in [9.17, 15) is 24.0 Å². The van der Waals surface area contributed by atoms with Gasteiger partial charge in [-0.1, -0.05) is 41.9 Å². The summed E-state index contributed by atoms with van der Waals surface area (Å²) in [4.78, 5) is 67.4. The molecule has 5 rings (SSSR count). The lowest BCUT2D eigenvalue weighted by atomic mass is 9.81. The summed E-state index contributed by atoms with van der Waals surface area (Å²) in [5.41, 5.74) is 4.09. The van der Waals surface area contributed by atoms with Gasteiger partial charge in [-0.2, -0.15) is 0 Å². The number of anilines is 1. The topological polar surface area (TPSA) is 185 Å². The second kappa shape index (κ2) is 15.2. The number of hydrogen-bond donors (Lipinski definition) is 7. The summed E-state index contributed by atoms with van der Waals surface area (Å²) in [6, 6.07) is 16.7. The lowest BCUT2D eigenvalue weighted by Gasteiger charge is -2.29. The number of carbonyl (C=O) groups excluding carboxylic acids is 3. The highest BCUT2D eigenvalue weighted by atomic mass is 35.5. The highest BCUT2D eigenvalue weighted by Gasteiger charge is 2.30. The minimum absolute atomic E-state index is 0.00409. The quantitative estimate of drug-likeness (QED) is 0.117. The van der Waals surface area contributed by atoms with E-state index in [-0.39, 0.29) is 41.8 Å². The summed E-state index contributed by atoms with van der Waals surface area (Å²) in [5.74, 6) is -0.973. The molecule has 1 aromatic heterocycles. The van der Waals surface area contributed by atoms with E-state index >= 15 is 0 Å². The molecule has 7 N–H and O–H groups in total. The molecule has 252 valence electrons. The summed E-state index contributed by atoms with van der Waals surface area (Å²) in [6.07, 6.45) is 1.75. The molecule has 0 bridgehead atoms. The normalized spacial score (nSPS) is 16.7. The highest BCUT2D eigenvalue weighted by Crippen LogP contribution is 2.30. The van der Waals surface area contributed by atoms with Crippen LogP contribution in [-0.4, -0.2) is 57.5 Å². The fourth-order valence-electron chi connectivity index (χ4n) is 5.99. The summed E-state index contributed by atoms with van der Waals surface area (Å²) < 4.78 is 0. The Morgan fingerprint density at radius 1 is 0.896 bits per heavy atom. The standard InChI is InChI=1S/C35H39ClN6O6/c1-19(2)38-32(44)24-11-13-26(27(36)16-24)22-7-3-20(4-8-22)15-30(33(45)39-25-12-14-28-29(17-25)42-34(46)41-28)40-31(43)23-9-5-21(6-10-23)18-37-35(47)48/h3-4,7-8,11-14,16-17,19,21,23,30,37H,5-6,9-10,15,18H2,1-2H3,(H,38,44)(H,39,45)(H,40,43)(H,47,48)(H2,41,42,46)/t21-,23-,30-/m0/s1. The Morgan fingerprint density at radius 2 is 1.60 bits per heavy atom. The van der Waals surface area contributed by atoms with Gasteiger partial charge < -0.3 is 36.3 Å². The van der Waals surface area contributed by atoms with Gasteiger partial charge in [-0.15, -0.1) is 0 Å². The number of H-pyrrole nitrogens is 2. The summed E-state index contributed by atoms with van der Waals surface area (Å²) in [6.45, 7) is 4.12. The minimum atomic E-state index is -1.06. The molecule has 1 aliphatic rings. The van der Waals surface area contributed by atoms with E-state index in [0.29, 0.717) is 59.5 Å². The van der Waals surface area contributed by atoms with Crippen LogP contribution in [-0.2, 0) is 16.0 Å². The zero-order valence-electron chi connectivity index (χ0n) is 26.7. The van der Waals surface area contributed by atoms with Crippen LogP contribution in [0.4, 0.5) is 10.5 Å².